The van der Waals surface area contributed by atoms with Crippen LogP contribution in [-0.4, -0.2) is 26.4 Å². The Morgan fingerprint density at radius 1 is 1.20 bits per heavy atom. The van der Waals surface area contributed by atoms with E-state index < -0.39 is 34.4 Å². The Labute approximate surface area is 116 Å². The second kappa shape index (κ2) is 6.02. The Kier molecular flexibility index (Phi) is 4.85. The summed E-state index contributed by atoms with van der Waals surface area (Å²) in [4.78, 5) is 21.0. The van der Waals surface area contributed by atoms with E-state index in [-0.39, 0.29) is 4.90 Å². The fourth-order valence-corrected chi connectivity index (χ4v) is 2.75. The van der Waals surface area contributed by atoms with Crippen LogP contribution in [0.3, 0.4) is 0 Å². The summed E-state index contributed by atoms with van der Waals surface area (Å²) < 4.78 is 25.7. The van der Waals surface area contributed by atoms with Gasteiger partial charge in [0, 0.05) is 12.4 Å². The van der Waals surface area contributed by atoms with E-state index in [0.717, 1.165) is 5.56 Å². The number of nitrogens with one attached hydrogen (secondary N) is 1. The fourth-order valence-electron chi connectivity index (χ4n) is 1.48. The van der Waals surface area contributed by atoms with Crippen molar-refractivity contribution in [3.8, 4) is 0 Å². The lowest BCUT2D eigenvalue weighted by molar-refractivity contribution is -0.317. The monoisotopic (exact) mass is 299 g/mol. The smallest absolute Gasteiger partial charge is 0.241 e. The molecule has 1 atom stereocenters. The van der Waals surface area contributed by atoms with E-state index in [4.69, 9.17) is 0 Å². The van der Waals surface area contributed by atoms with Gasteiger partial charge < -0.3 is 19.8 Å². The predicted octanol–water partition coefficient (Wildman–Crippen LogP) is -2.16. The first-order valence-corrected chi connectivity index (χ1v) is 7.12. The van der Waals surface area contributed by atoms with E-state index in [0.29, 0.717) is 5.56 Å². The molecule has 1 N–H and O–H groups in total. The highest BCUT2D eigenvalue weighted by atomic mass is 32.2. The molecule has 0 aliphatic heterocycles. The van der Waals surface area contributed by atoms with Crippen molar-refractivity contribution in [2.45, 2.75) is 31.2 Å². The van der Waals surface area contributed by atoms with Crippen LogP contribution >= 0.6 is 0 Å². The predicted molar refractivity (Wildman–Crippen MR) is 64.7 cm³/mol. The lowest BCUT2D eigenvalue weighted by atomic mass is 10.1. The van der Waals surface area contributed by atoms with Gasteiger partial charge in [0.15, 0.2) is 0 Å². The Balaban J connectivity index is 3.06. The molecule has 0 saturated carbocycles. The van der Waals surface area contributed by atoms with Crippen molar-refractivity contribution in [3.63, 3.8) is 0 Å². The maximum absolute atomic E-state index is 12.0. The SMILES string of the molecule is Cc1ccc(S(=O)(=O)N[C@@H](CC(=O)[O-])C(=O)[O-])cc1C. The van der Waals surface area contributed by atoms with Crippen LogP contribution < -0.4 is 14.9 Å². The van der Waals surface area contributed by atoms with E-state index in [1.165, 1.54) is 12.1 Å². The molecule has 0 aliphatic carbocycles. The van der Waals surface area contributed by atoms with Crippen molar-refractivity contribution >= 4 is 22.0 Å². The maximum atomic E-state index is 12.0. The molecule has 110 valence electrons. The number of sulfonamides is 1. The van der Waals surface area contributed by atoms with Gasteiger partial charge in [-0.1, -0.05) is 6.07 Å². The molecule has 20 heavy (non-hydrogen) atoms. The minimum atomic E-state index is -4.15. The van der Waals surface area contributed by atoms with Crippen molar-refractivity contribution in [1.82, 2.24) is 4.72 Å². The molecule has 8 heteroatoms. The minimum Gasteiger partial charge on any atom is -0.550 e. The topological polar surface area (TPSA) is 126 Å². The number of benzene rings is 1. The summed E-state index contributed by atoms with van der Waals surface area (Å²) in [6.45, 7) is 3.49. The first kappa shape index (κ1) is 16.1. The molecule has 7 nitrogen and oxygen atoms in total. The molecule has 0 heterocycles. The van der Waals surface area contributed by atoms with Crippen LogP contribution in [0.2, 0.25) is 0 Å². The molecule has 0 unspecified atom stereocenters. The number of carboxylic acids is 2. The zero-order valence-corrected chi connectivity index (χ0v) is 11.7. The largest absolute Gasteiger partial charge is 0.550 e. The van der Waals surface area contributed by atoms with Gasteiger partial charge in [-0.25, -0.2) is 13.1 Å². The van der Waals surface area contributed by atoms with Gasteiger partial charge in [0.25, 0.3) is 0 Å². The zero-order valence-electron chi connectivity index (χ0n) is 10.9. The average Bonchev–Trinajstić information content (AvgIpc) is 2.30. The molecule has 0 aliphatic rings. The average molecular weight is 299 g/mol. The lowest BCUT2D eigenvalue weighted by Gasteiger charge is -2.20. The highest BCUT2D eigenvalue weighted by molar-refractivity contribution is 7.89. The summed E-state index contributed by atoms with van der Waals surface area (Å²) in [6, 6.07) is 2.35. The second-order valence-corrected chi connectivity index (χ2v) is 6.03. The highest BCUT2D eigenvalue weighted by Gasteiger charge is 2.21. The van der Waals surface area contributed by atoms with E-state index in [9.17, 15) is 28.2 Å². The van der Waals surface area contributed by atoms with Crippen LogP contribution in [0.25, 0.3) is 0 Å². The third-order valence-electron chi connectivity index (χ3n) is 2.74. The Hall–Kier alpha value is -1.93. The van der Waals surface area contributed by atoms with Gasteiger partial charge in [-0.05, 0) is 37.1 Å². The molecule has 0 spiro atoms. The summed E-state index contributed by atoms with van der Waals surface area (Å²) in [6.07, 6.45) is -1.01. The molecule has 1 aromatic carbocycles. The maximum Gasteiger partial charge on any atom is 0.241 e. The molecule has 0 bridgehead atoms. The number of aliphatic carboxylic acids is 2. The molecular weight excluding hydrogens is 286 g/mol. The van der Waals surface area contributed by atoms with Crippen molar-refractivity contribution < 1.29 is 28.2 Å². The summed E-state index contributed by atoms with van der Waals surface area (Å²) >= 11 is 0. The van der Waals surface area contributed by atoms with Gasteiger partial charge in [0.1, 0.15) is 0 Å². The number of rotatable bonds is 6. The van der Waals surface area contributed by atoms with Gasteiger partial charge in [-0.3, -0.25) is 0 Å². The quantitative estimate of drug-likeness (QED) is 0.637. The van der Waals surface area contributed by atoms with Crippen molar-refractivity contribution in [1.29, 1.82) is 0 Å². The second-order valence-electron chi connectivity index (χ2n) is 4.32. The number of aryl methyl sites for hydroxylation is 2. The van der Waals surface area contributed by atoms with Crippen molar-refractivity contribution in [2.24, 2.45) is 0 Å². The van der Waals surface area contributed by atoms with Gasteiger partial charge in [0.05, 0.1) is 16.9 Å². The zero-order chi connectivity index (χ0) is 15.5. The van der Waals surface area contributed by atoms with Crippen LogP contribution in [0.5, 0.6) is 0 Å². The Morgan fingerprint density at radius 2 is 1.80 bits per heavy atom. The molecule has 0 fully saturated rings. The molecule has 0 amide bonds. The van der Waals surface area contributed by atoms with Crippen LogP contribution in [0.1, 0.15) is 17.5 Å². The summed E-state index contributed by atoms with van der Waals surface area (Å²) in [5.41, 5.74) is 1.58. The Morgan fingerprint density at radius 3 is 2.25 bits per heavy atom. The number of carbonyl (C=O) groups is 2. The standard InChI is InChI=1S/C12H15NO6S/c1-7-3-4-9(5-8(7)2)20(18,19)13-10(12(16)17)6-11(14)15/h3-5,10,13H,6H2,1-2H3,(H,14,15)(H,16,17)/p-2/t10-/m0/s1. The molecule has 0 radical (unpaired) electrons. The van der Waals surface area contributed by atoms with Crippen LogP contribution in [0, 0.1) is 13.8 Å². The number of carbonyl (C=O) groups excluding carboxylic acids is 2. The van der Waals surface area contributed by atoms with E-state index in [1.807, 2.05) is 0 Å². The molecular formula is C12H13NO6S-2. The van der Waals surface area contributed by atoms with Crippen LogP contribution in [0.15, 0.2) is 23.1 Å². The first-order valence-electron chi connectivity index (χ1n) is 5.64. The molecule has 1 aromatic rings. The van der Waals surface area contributed by atoms with Crippen LogP contribution in [-0.2, 0) is 19.6 Å². The van der Waals surface area contributed by atoms with Gasteiger partial charge in [0.2, 0.25) is 10.0 Å². The summed E-state index contributed by atoms with van der Waals surface area (Å²) in [5, 5.41) is 21.1. The normalized spacial score (nSPS) is 12.9. The number of carboxylic acid groups (broad SMARTS) is 2. The molecule has 0 saturated heterocycles. The summed E-state index contributed by atoms with van der Waals surface area (Å²) in [5.74, 6) is -3.52. The fraction of sp³-hybridized carbons (Fsp3) is 0.333. The molecule has 0 aromatic heterocycles. The van der Waals surface area contributed by atoms with Crippen molar-refractivity contribution in [3.05, 3.63) is 29.3 Å². The van der Waals surface area contributed by atoms with E-state index in [1.54, 1.807) is 24.6 Å². The number of hydrogen-bond acceptors (Lipinski definition) is 6. The first-order chi connectivity index (χ1) is 9.13. The van der Waals surface area contributed by atoms with Crippen molar-refractivity contribution in [2.75, 3.05) is 0 Å². The summed E-state index contributed by atoms with van der Waals surface area (Å²) in [7, 11) is -4.15. The highest BCUT2D eigenvalue weighted by Crippen LogP contribution is 2.15. The van der Waals surface area contributed by atoms with Crippen LogP contribution in [0.4, 0.5) is 0 Å². The minimum absolute atomic E-state index is 0.148. The molecule has 1 rings (SSSR count). The van der Waals surface area contributed by atoms with Gasteiger partial charge >= 0.3 is 0 Å². The third kappa shape index (κ3) is 4.04. The van der Waals surface area contributed by atoms with Gasteiger partial charge in [-0.2, -0.15) is 0 Å². The van der Waals surface area contributed by atoms with E-state index >= 15 is 0 Å². The van der Waals surface area contributed by atoms with E-state index in [2.05, 4.69) is 0 Å². The Bertz CT molecular complexity index is 637. The third-order valence-corrected chi connectivity index (χ3v) is 4.21. The number of hydrogen-bond donors (Lipinski definition) is 1. The van der Waals surface area contributed by atoms with Gasteiger partial charge in [-0.15, -0.1) is 0 Å². The lowest BCUT2D eigenvalue weighted by Crippen LogP contribution is -2.50.